The van der Waals surface area contributed by atoms with Gasteiger partial charge in [0.1, 0.15) is 5.52 Å². The van der Waals surface area contributed by atoms with Crippen molar-refractivity contribution in [3.8, 4) is 0 Å². The molecule has 4 heteroatoms. The van der Waals surface area contributed by atoms with Crippen molar-refractivity contribution >= 4 is 33.1 Å². The Balaban J connectivity index is 2.14. The van der Waals surface area contributed by atoms with Crippen LogP contribution in [0.3, 0.4) is 0 Å². The van der Waals surface area contributed by atoms with Crippen molar-refractivity contribution in [1.29, 1.82) is 0 Å². The lowest BCUT2D eigenvalue weighted by Gasteiger charge is -2.07. The van der Waals surface area contributed by atoms with Gasteiger partial charge in [0.25, 0.3) is 5.56 Å². The molecule has 0 atom stereocenters. The van der Waals surface area contributed by atoms with E-state index < -0.39 is 0 Å². The molecule has 0 radical (unpaired) electrons. The number of benzene rings is 1. The van der Waals surface area contributed by atoms with Gasteiger partial charge in [0.15, 0.2) is 0 Å². The molecule has 0 saturated carbocycles. The zero-order chi connectivity index (χ0) is 15.3. The Labute approximate surface area is 132 Å². The molecule has 0 bridgehead atoms. The molecule has 0 unspecified atom stereocenters. The predicted octanol–water partition coefficient (Wildman–Crippen LogP) is 3.68. The van der Waals surface area contributed by atoms with Crippen molar-refractivity contribution < 1.29 is 0 Å². The summed E-state index contributed by atoms with van der Waals surface area (Å²) in [6, 6.07) is 12.5. The van der Waals surface area contributed by atoms with E-state index in [4.69, 9.17) is 0 Å². The molecule has 3 heterocycles. The smallest absolute Gasteiger partial charge is 0.274 e. The summed E-state index contributed by atoms with van der Waals surface area (Å²) in [6.45, 7) is 0. The van der Waals surface area contributed by atoms with Crippen LogP contribution >= 0.6 is 11.3 Å². The summed E-state index contributed by atoms with van der Waals surface area (Å²) >= 11 is 1.75. The van der Waals surface area contributed by atoms with Crippen LogP contribution in [0.15, 0.2) is 52.8 Å². The predicted molar refractivity (Wildman–Crippen MR) is 92.8 cm³/mol. The van der Waals surface area contributed by atoms with Crippen molar-refractivity contribution in [2.75, 3.05) is 0 Å². The molecular weight excluding hydrogens is 292 g/mol. The summed E-state index contributed by atoms with van der Waals surface area (Å²) < 4.78 is 3.72. The van der Waals surface area contributed by atoms with Gasteiger partial charge in [-0.05, 0) is 23.1 Å². The first-order valence-electron chi connectivity index (χ1n) is 7.25. The van der Waals surface area contributed by atoms with Crippen molar-refractivity contribution in [1.82, 2.24) is 9.13 Å². The standard InChI is InChI=1S/C18H16N2OS/c1-19-11-12(10-13-6-5-9-22-13)16-14-7-3-4-8-15(14)20(2)17(16)18(19)21/h3-9,11H,10H2,1-2H3. The lowest BCUT2D eigenvalue weighted by Crippen LogP contribution is -2.19. The number of hydrogen-bond donors (Lipinski definition) is 0. The summed E-state index contributed by atoms with van der Waals surface area (Å²) in [6.07, 6.45) is 2.84. The first-order valence-corrected chi connectivity index (χ1v) is 8.13. The highest BCUT2D eigenvalue weighted by molar-refractivity contribution is 7.09. The number of aromatic nitrogens is 2. The zero-order valence-electron chi connectivity index (χ0n) is 12.5. The maximum Gasteiger partial charge on any atom is 0.274 e. The van der Waals surface area contributed by atoms with Crippen molar-refractivity contribution in [3.05, 3.63) is 68.8 Å². The van der Waals surface area contributed by atoms with Gasteiger partial charge in [0.05, 0.1) is 0 Å². The minimum atomic E-state index is 0.0589. The monoisotopic (exact) mass is 308 g/mol. The van der Waals surface area contributed by atoms with E-state index in [1.54, 1.807) is 15.9 Å². The molecule has 3 nitrogen and oxygen atoms in total. The Bertz CT molecular complexity index is 1040. The number of thiophene rings is 1. The van der Waals surface area contributed by atoms with Crippen LogP contribution in [-0.4, -0.2) is 9.13 Å². The molecule has 110 valence electrons. The third-order valence-electron chi connectivity index (χ3n) is 4.25. The molecule has 0 aliphatic heterocycles. The van der Waals surface area contributed by atoms with Gasteiger partial charge in [-0.15, -0.1) is 11.3 Å². The summed E-state index contributed by atoms with van der Waals surface area (Å²) in [7, 11) is 3.80. The largest absolute Gasteiger partial charge is 0.339 e. The van der Waals surface area contributed by atoms with E-state index in [2.05, 4.69) is 29.6 Å². The Morgan fingerprint density at radius 2 is 1.91 bits per heavy atom. The highest BCUT2D eigenvalue weighted by Crippen LogP contribution is 2.30. The first-order chi connectivity index (χ1) is 10.7. The van der Waals surface area contributed by atoms with Crippen molar-refractivity contribution in [2.24, 2.45) is 14.1 Å². The van der Waals surface area contributed by atoms with Crippen LogP contribution in [0.25, 0.3) is 21.8 Å². The average Bonchev–Trinajstić information content (AvgIpc) is 3.12. The molecule has 1 aromatic carbocycles. The van der Waals surface area contributed by atoms with Crippen molar-refractivity contribution in [2.45, 2.75) is 6.42 Å². The Morgan fingerprint density at radius 1 is 1.09 bits per heavy atom. The minimum Gasteiger partial charge on any atom is -0.339 e. The molecule has 0 fully saturated rings. The quantitative estimate of drug-likeness (QED) is 0.555. The van der Waals surface area contributed by atoms with Gasteiger partial charge >= 0.3 is 0 Å². The van der Waals surface area contributed by atoms with Crippen LogP contribution in [0, 0.1) is 0 Å². The molecule has 22 heavy (non-hydrogen) atoms. The zero-order valence-corrected chi connectivity index (χ0v) is 13.4. The van der Waals surface area contributed by atoms with E-state index in [1.165, 1.54) is 10.4 Å². The summed E-state index contributed by atoms with van der Waals surface area (Å²) in [5, 5.41) is 4.34. The minimum absolute atomic E-state index is 0.0589. The molecule has 0 spiro atoms. The molecular formula is C18H16N2OS. The van der Waals surface area contributed by atoms with E-state index in [-0.39, 0.29) is 5.56 Å². The summed E-state index contributed by atoms with van der Waals surface area (Å²) in [4.78, 5) is 13.9. The SMILES string of the molecule is Cn1cc(Cc2cccs2)c2c3ccccc3n(C)c2c1=O. The highest BCUT2D eigenvalue weighted by Gasteiger charge is 2.16. The number of hydrogen-bond acceptors (Lipinski definition) is 2. The number of rotatable bonds is 2. The number of nitrogens with zero attached hydrogens (tertiary/aromatic N) is 2. The van der Waals surface area contributed by atoms with Gasteiger partial charge in [-0.25, -0.2) is 0 Å². The van der Waals surface area contributed by atoms with Crippen LogP contribution in [0.1, 0.15) is 10.4 Å². The van der Waals surface area contributed by atoms with Gasteiger partial charge in [-0.1, -0.05) is 24.3 Å². The number of fused-ring (bicyclic) bond motifs is 3. The number of pyridine rings is 1. The summed E-state index contributed by atoms with van der Waals surface area (Å²) in [5.74, 6) is 0. The van der Waals surface area contributed by atoms with Crippen LogP contribution in [-0.2, 0) is 20.5 Å². The summed E-state index contributed by atoms with van der Waals surface area (Å²) in [5.41, 5.74) is 3.16. The highest BCUT2D eigenvalue weighted by atomic mass is 32.1. The van der Waals surface area contributed by atoms with Crippen LogP contribution < -0.4 is 5.56 Å². The molecule has 4 aromatic rings. The fourth-order valence-corrected chi connectivity index (χ4v) is 3.96. The second-order valence-electron chi connectivity index (χ2n) is 5.63. The normalized spacial score (nSPS) is 11.5. The molecule has 3 aromatic heterocycles. The van der Waals surface area contributed by atoms with Gasteiger partial charge in [-0.2, -0.15) is 0 Å². The van der Waals surface area contributed by atoms with Crippen LogP contribution in [0.4, 0.5) is 0 Å². The van der Waals surface area contributed by atoms with Crippen LogP contribution in [0.5, 0.6) is 0 Å². The molecule has 4 rings (SSSR count). The maximum absolute atomic E-state index is 12.6. The van der Waals surface area contributed by atoms with Gasteiger partial charge in [-0.3, -0.25) is 4.79 Å². The lowest BCUT2D eigenvalue weighted by molar-refractivity contribution is 0.847. The lowest BCUT2D eigenvalue weighted by atomic mass is 10.1. The van der Waals surface area contributed by atoms with Crippen LogP contribution in [0.2, 0.25) is 0 Å². The molecule has 0 amide bonds. The first kappa shape index (κ1) is 13.3. The topological polar surface area (TPSA) is 26.9 Å². The third kappa shape index (κ3) is 1.84. The van der Waals surface area contributed by atoms with E-state index in [0.717, 1.165) is 28.2 Å². The maximum atomic E-state index is 12.6. The molecule has 0 aliphatic rings. The second-order valence-corrected chi connectivity index (χ2v) is 6.66. The van der Waals surface area contributed by atoms with E-state index in [1.807, 2.05) is 37.0 Å². The molecule has 0 saturated heterocycles. The molecule has 0 N–H and O–H groups in total. The van der Waals surface area contributed by atoms with E-state index in [0.29, 0.717) is 0 Å². The number of aryl methyl sites for hydroxylation is 2. The van der Waals surface area contributed by atoms with Gasteiger partial charge in [0, 0.05) is 47.9 Å². The number of para-hydroxylation sites is 1. The fourth-order valence-electron chi connectivity index (χ4n) is 3.23. The van der Waals surface area contributed by atoms with Gasteiger partial charge in [0.2, 0.25) is 0 Å². The second kappa shape index (κ2) is 4.85. The van der Waals surface area contributed by atoms with Gasteiger partial charge < -0.3 is 9.13 Å². The molecule has 0 aliphatic carbocycles. The Hall–Kier alpha value is -2.33. The van der Waals surface area contributed by atoms with E-state index in [9.17, 15) is 4.79 Å². The fraction of sp³-hybridized carbons (Fsp3) is 0.167. The van der Waals surface area contributed by atoms with E-state index >= 15 is 0 Å². The Morgan fingerprint density at radius 3 is 2.68 bits per heavy atom. The van der Waals surface area contributed by atoms with Crippen molar-refractivity contribution in [3.63, 3.8) is 0 Å². The third-order valence-corrected chi connectivity index (χ3v) is 5.12. The average molecular weight is 308 g/mol. The Kier molecular flexibility index (Phi) is 2.94.